The Hall–Kier alpha value is -3.29. The van der Waals surface area contributed by atoms with Crippen LogP contribution in [0.4, 0.5) is 11.6 Å². The number of carbonyl (C=O) groups is 1. The summed E-state index contributed by atoms with van der Waals surface area (Å²) in [5.74, 6) is 3.12. The first-order chi connectivity index (χ1) is 13.6. The van der Waals surface area contributed by atoms with Gasteiger partial charge in [0.05, 0.1) is 0 Å². The van der Waals surface area contributed by atoms with Crippen molar-refractivity contribution < 1.29 is 14.3 Å². The van der Waals surface area contributed by atoms with Crippen LogP contribution in [0.25, 0.3) is 6.08 Å². The van der Waals surface area contributed by atoms with E-state index in [0.29, 0.717) is 18.8 Å². The lowest BCUT2D eigenvalue weighted by Gasteiger charge is -2.34. The maximum atomic E-state index is 12.5. The van der Waals surface area contributed by atoms with E-state index in [1.807, 2.05) is 60.3 Å². The minimum absolute atomic E-state index is 0.00589. The Kier molecular flexibility index (Phi) is 5.01. The SMILES string of the molecule is CN(C)c1ccc(N2CCN(C(=O)/C=C/c3ccc4c(c3)OCO4)CC2)nn1. The summed E-state index contributed by atoms with van der Waals surface area (Å²) in [5, 5.41) is 8.51. The fraction of sp³-hybridized carbons (Fsp3) is 0.350. The highest BCUT2D eigenvalue weighted by Crippen LogP contribution is 2.32. The van der Waals surface area contributed by atoms with E-state index < -0.39 is 0 Å². The average molecular weight is 381 g/mol. The lowest BCUT2D eigenvalue weighted by Crippen LogP contribution is -2.48. The predicted octanol–water partition coefficient (Wildman–Crippen LogP) is 1.63. The van der Waals surface area contributed by atoms with Gasteiger partial charge in [0, 0.05) is 46.4 Å². The van der Waals surface area contributed by atoms with Gasteiger partial charge < -0.3 is 24.2 Å². The quantitative estimate of drug-likeness (QED) is 0.746. The van der Waals surface area contributed by atoms with Gasteiger partial charge in [-0.25, -0.2) is 0 Å². The van der Waals surface area contributed by atoms with Crippen LogP contribution in [0.2, 0.25) is 0 Å². The van der Waals surface area contributed by atoms with Gasteiger partial charge in [0.15, 0.2) is 23.1 Å². The van der Waals surface area contributed by atoms with Gasteiger partial charge in [0.1, 0.15) is 0 Å². The summed E-state index contributed by atoms with van der Waals surface area (Å²) in [5.41, 5.74) is 0.910. The summed E-state index contributed by atoms with van der Waals surface area (Å²) < 4.78 is 10.7. The number of fused-ring (bicyclic) bond motifs is 1. The van der Waals surface area contributed by atoms with Crippen LogP contribution in [0.1, 0.15) is 5.56 Å². The van der Waals surface area contributed by atoms with Crippen LogP contribution in [0.5, 0.6) is 11.5 Å². The molecule has 0 saturated carbocycles. The maximum Gasteiger partial charge on any atom is 0.246 e. The number of carbonyl (C=O) groups excluding carboxylic acids is 1. The highest BCUT2D eigenvalue weighted by molar-refractivity contribution is 5.92. The molecule has 0 unspecified atom stereocenters. The number of rotatable bonds is 4. The van der Waals surface area contributed by atoms with Gasteiger partial charge in [-0.05, 0) is 35.9 Å². The summed E-state index contributed by atoms with van der Waals surface area (Å²) in [4.78, 5) is 18.4. The number of ether oxygens (including phenoxy) is 2. The van der Waals surface area contributed by atoms with E-state index in [0.717, 1.165) is 36.0 Å². The number of piperazine rings is 1. The number of hydrogen-bond donors (Lipinski definition) is 0. The van der Waals surface area contributed by atoms with Gasteiger partial charge >= 0.3 is 0 Å². The Bertz CT molecular complexity index is 874. The van der Waals surface area contributed by atoms with E-state index in [1.165, 1.54) is 0 Å². The standard InChI is InChI=1S/C20H23N5O3/c1-23(2)18-6-7-19(22-21-18)24-9-11-25(12-10-24)20(26)8-4-15-3-5-16-17(13-15)28-14-27-16/h3-8,13H,9-12,14H2,1-2H3/b8-4+. The molecule has 1 fully saturated rings. The Labute approximate surface area is 164 Å². The molecule has 8 heteroatoms. The van der Waals surface area contributed by atoms with E-state index in [-0.39, 0.29) is 12.7 Å². The smallest absolute Gasteiger partial charge is 0.246 e. The van der Waals surface area contributed by atoms with E-state index >= 15 is 0 Å². The first-order valence-corrected chi connectivity index (χ1v) is 9.23. The molecule has 0 radical (unpaired) electrons. The molecule has 146 valence electrons. The molecule has 1 aromatic carbocycles. The van der Waals surface area contributed by atoms with E-state index in [9.17, 15) is 4.79 Å². The molecular weight excluding hydrogens is 358 g/mol. The van der Waals surface area contributed by atoms with Crippen molar-refractivity contribution in [2.45, 2.75) is 0 Å². The monoisotopic (exact) mass is 381 g/mol. The first-order valence-electron chi connectivity index (χ1n) is 9.23. The summed E-state index contributed by atoms with van der Waals surface area (Å²) >= 11 is 0. The fourth-order valence-corrected chi connectivity index (χ4v) is 3.17. The highest BCUT2D eigenvalue weighted by Gasteiger charge is 2.21. The van der Waals surface area contributed by atoms with Crippen LogP contribution in [0.3, 0.4) is 0 Å². The first kappa shape index (κ1) is 18.1. The van der Waals surface area contributed by atoms with Crippen molar-refractivity contribution in [2.24, 2.45) is 0 Å². The molecule has 3 heterocycles. The molecule has 2 aromatic rings. The Morgan fingerprint density at radius 2 is 1.82 bits per heavy atom. The van der Waals surface area contributed by atoms with Crippen molar-refractivity contribution in [3.63, 3.8) is 0 Å². The van der Waals surface area contributed by atoms with Crippen molar-refractivity contribution in [1.82, 2.24) is 15.1 Å². The largest absolute Gasteiger partial charge is 0.454 e. The van der Waals surface area contributed by atoms with Gasteiger partial charge in [-0.1, -0.05) is 6.07 Å². The molecule has 0 bridgehead atoms. The lowest BCUT2D eigenvalue weighted by molar-refractivity contribution is -0.126. The maximum absolute atomic E-state index is 12.5. The van der Waals surface area contributed by atoms with Crippen LogP contribution >= 0.6 is 0 Å². The molecule has 0 atom stereocenters. The number of amides is 1. The van der Waals surface area contributed by atoms with Crippen molar-refractivity contribution in [1.29, 1.82) is 0 Å². The van der Waals surface area contributed by atoms with Crippen LogP contribution in [-0.4, -0.2) is 68.1 Å². The van der Waals surface area contributed by atoms with E-state index in [4.69, 9.17) is 9.47 Å². The molecule has 0 spiro atoms. The molecule has 0 N–H and O–H groups in total. The zero-order valence-electron chi connectivity index (χ0n) is 16.0. The molecule has 2 aliphatic rings. The minimum atomic E-state index is 0.00589. The van der Waals surface area contributed by atoms with Crippen molar-refractivity contribution in [3.05, 3.63) is 42.0 Å². The number of nitrogens with zero attached hydrogens (tertiary/aromatic N) is 5. The molecular formula is C20H23N5O3. The number of aromatic nitrogens is 2. The third-order valence-corrected chi connectivity index (χ3v) is 4.82. The molecule has 2 aliphatic heterocycles. The van der Waals surface area contributed by atoms with Gasteiger partial charge in [-0.15, -0.1) is 10.2 Å². The Morgan fingerprint density at radius 3 is 2.54 bits per heavy atom. The molecule has 1 amide bonds. The Morgan fingerprint density at radius 1 is 1.04 bits per heavy atom. The molecule has 1 saturated heterocycles. The summed E-state index contributed by atoms with van der Waals surface area (Å²) in [6, 6.07) is 9.56. The zero-order chi connectivity index (χ0) is 19.5. The highest BCUT2D eigenvalue weighted by atomic mass is 16.7. The molecule has 4 rings (SSSR count). The number of hydrogen-bond acceptors (Lipinski definition) is 7. The second-order valence-corrected chi connectivity index (χ2v) is 6.90. The molecule has 1 aromatic heterocycles. The second kappa shape index (κ2) is 7.75. The van der Waals surface area contributed by atoms with Gasteiger partial charge in [0.25, 0.3) is 0 Å². The molecule has 8 nitrogen and oxygen atoms in total. The third-order valence-electron chi connectivity index (χ3n) is 4.82. The van der Waals surface area contributed by atoms with Crippen LogP contribution in [-0.2, 0) is 4.79 Å². The predicted molar refractivity (Wildman–Crippen MR) is 107 cm³/mol. The number of benzene rings is 1. The number of anilines is 2. The van der Waals surface area contributed by atoms with E-state index in [2.05, 4.69) is 15.1 Å². The minimum Gasteiger partial charge on any atom is -0.454 e. The summed E-state index contributed by atoms with van der Waals surface area (Å²) in [7, 11) is 3.87. The zero-order valence-corrected chi connectivity index (χ0v) is 16.0. The van der Waals surface area contributed by atoms with Crippen molar-refractivity contribution >= 4 is 23.6 Å². The van der Waals surface area contributed by atoms with E-state index in [1.54, 1.807) is 6.08 Å². The normalized spacial score (nSPS) is 15.9. The Balaban J connectivity index is 1.32. The summed E-state index contributed by atoms with van der Waals surface area (Å²) in [6.07, 6.45) is 3.42. The van der Waals surface area contributed by atoms with Crippen molar-refractivity contribution in [3.8, 4) is 11.5 Å². The van der Waals surface area contributed by atoms with Gasteiger partial charge in [-0.2, -0.15) is 0 Å². The van der Waals surface area contributed by atoms with Crippen LogP contribution in [0, 0.1) is 0 Å². The second-order valence-electron chi connectivity index (χ2n) is 6.90. The van der Waals surface area contributed by atoms with Gasteiger partial charge in [0.2, 0.25) is 12.7 Å². The average Bonchev–Trinajstić information content (AvgIpc) is 3.20. The fourth-order valence-electron chi connectivity index (χ4n) is 3.17. The third kappa shape index (κ3) is 3.85. The lowest BCUT2D eigenvalue weighted by atomic mass is 10.2. The summed E-state index contributed by atoms with van der Waals surface area (Å²) in [6.45, 7) is 3.02. The molecule has 0 aliphatic carbocycles. The van der Waals surface area contributed by atoms with Gasteiger partial charge in [-0.3, -0.25) is 4.79 Å². The topological polar surface area (TPSA) is 71.0 Å². The molecule has 28 heavy (non-hydrogen) atoms. The van der Waals surface area contributed by atoms with Crippen molar-refractivity contribution in [2.75, 3.05) is 56.9 Å². The van der Waals surface area contributed by atoms with Crippen LogP contribution < -0.4 is 19.3 Å². The van der Waals surface area contributed by atoms with Crippen LogP contribution in [0.15, 0.2) is 36.4 Å².